The summed E-state index contributed by atoms with van der Waals surface area (Å²) in [5.74, 6) is 1.54. The zero-order valence-electron chi connectivity index (χ0n) is 10.8. The van der Waals surface area contributed by atoms with Crippen LogP contribution in [0.25, 0.3) is 11.0 Å². The lowest BCUT2D eigenvalue weighted by atomic mass is 10.2. The SMILES string of the molecule is NCc1ccc2cc(COc3ccc(Cl)cc3)oc2c1. The van der Waals surface area contributed by atoms with Gasteiger partial charge in [0.25, 0.3) is 0 Å². The highest BCUT2D eigenvalue weighted by molar-refractivity contribution is 6.30. The van der Waals surface area contributed by atoms with Crippen molar-refractivity contribution in [3.05, 3.63) is 64.9 Å². The first-order valence-electron chi connectivity index (χ1n) is 6.34. The molecule has 4 heteroatoms. The Labute approximate surface area is 121 Å². The van der Waals surface area contributed by atoms with Crippen LogP contribution in [0.5, 0.6) is 5.75 Å². The summed E-state index contributed by atoms with van der Waals surface area (Å²) in [4.78, 5) is 0. The molecule has 20 heavy (non-hydrogen) atoms. The van der Waals surface area contributed by atoms with Crippen LogP contribution in [0.2, 0.25) is 5.02 Å². The van der Waals surface area contributed by atoms with Crippen molar-refractivity contribution >= 4 is 22.6 Å². The lowest BCUT2D eigenvalue weighted by molar-refractivity contribution is 0.274. The standard InChI is InChI=1S/C16H14ClNO2/c17-13-3-5-14(6-4-13)19-10-15-8-12-2-1-11(9-18)7-16(12)20-15/h1-8H,9-10,18H2. The Kier molecular flexibility index (Phi) is 3.63. The van der Waals surface area contributed by atoms with Crippen LogP contribution in [0.1, 0.15) is 11.3 Å². The van der Waals surface area contributed by atoms with E-state index in [1.165, 1.54) is 0 Å². The van der Waals surface area contributed by atoms with Crippen LogP contribution in [0.15, 0.2) is 52.9 Å². The predicted molar refractivity (Wildman–Crippen MR) is 79.9 cm³/mol. The van der Waals surface area contributed by atoms with Crippen LogP contribution in [0.4, 0.5) is 0 Å². The number of benzene rings is 2. The molecule has 0 atom stereocenters. The average Bonchev–Trinajstić information content (AvgIpc) is 2.88. The van der Waals surface area contributed by atoms with Crippen LogP contribution in [-0.2, 0) is 13.2 Å². The quantitative estimate of drug-likeness (QED) is 0.785. The second-order valence-corrected chi connectivity index (χ2v) is 4.97. The number of hydrogen-bond acceptors (Lipinski definition) is 3. The predicted octanol–water partition coefficient (Wildman–Crippen LogP) is 4.12. The van der Waals surface area contributed by atoms with Crippen molar-refractivity contribution < 1.29 is 9.15 Å². The van der Waals surface area contributed by atoms with Crippen molar-refractivity contribution in [2.45, 2.75) is 13.2 Å². The maximum Gasteiger partial charge on any atom is 0.146 e. The van der Waals surface area contributed by atoms with Crippen LogP contribution in [-0.4, -0.2) is 0 Å². The maximum absolute atomic E-state index is 5.83. The van der Waals surface area contributed by atoms with Gasteiger partial charge in [0.05, 0.1) is 0 Å². The molecule has 2 aromatic carbocycles. The number of furan rings is 1. The Morgan fingerprint density at radius 3 is 2.60 bits per heavy atom. The first kappa shape index (κ1) is 13.0. The highest BCUT2D eigenvalue weighted by atomic mass is 35.5. The fourth-order valence-electron chi connectivity index (χ4n) is 2.01. The van der Waals surface area contributed by atoms with Gasteiger partial charge in [0.2, 0.25) is 0 Å². The van der Waals surface area contributed by atoms with E-state index in [-0.39, 0.29) is 0 Å². The number of ether oxygens (including phenoxy) is 1. The zero-order valence-corrected chi connectivity index (χ0v) is 11.6. The van der Waals surface area contributed by atoms with E-state index >= 15 is 0 Å². The third kappa shape index (κ3) is 2.79. The number of rotatable bonds is 4. The molecule has 3 aromatic rings. The summed E-state index contributed by atoms with van der Waals surface area (Å²) in [6.45, 7) is 0.890. The van der Waals surface area contributed by atoms with Gasteiger partial charge < -0.3 is 14.9 Å². The van der Waals surface area contributed by atoms with Crippen LogP contribution < -0.4 is 10.5 Å². The molecule has 0 aliphatic rings. The van der Waals surface area contributed by atoms with E-state index in [1.54, 1.807) is 12.1 Å². The lowest BCUT2D eigenvalue weighted by Gasteiger charge is -2.03. The summed E-state index contributed by atoms with van der Waals surface area (Å²) in [6, 6.07) is 15.2. The van der Waals surface area contributed by atoms with Gasteiger partial charge in [-0.25, -0.2) is 0 Å². The summed E-state index contributed by atoms with van der Waals surface area (Å²) in [7, 11) is 0. The van der Waals surface area contributed by atoms with Crippen LogP contribution in [0, 0.1) is 0 Å². The highest BCUT2D eigenvalue weighted by Crippen LogP contribution is 2.22. The van der Waals surface area contributed by atoms with E-state index in [0.29, 0.717) is 18.2 Å². The minimum Gasteiger partial charge on any atom is -0.486 e. The van der Waals surface area contributed by atoms with Crippen molar-refractivity contribution in [1.82, 2.24) is 0 Å². The Balaban J connectivity index is 1.75. The summed E-state index contributed by atoms with van der Waals surface area (Å²) in [6.07, 6.45) is 0. The molecule has 1 heterocycles. The highest BCUT2D eigenvalue weighted by Gasteiger charge is 2.05. The summed E-state index contributed by atoms with van der Waals surface area (Å²) in [5.41, 5.74) is 7.51. The van der Waals surface area contributed by atoms with Crippen LogP contribution in [0.3, 0.4) is 0 Å². The first-order valence-corrected chi connectivity index (χ1v) is 6.72. The van der Waals surface area contributed by atoms with Gasteiger partial charge in [-0.2, -0.15) is 0 Å². The molecule has 0 unspecified atom stereocenters. The van der Waals surface area contributed by atoms with Gasteiger partial charge in [0, 0.05) is 17.0 Å². The van der Waals surface area contributed by atoms with Gasteiger partial charge in [0.1, 0.15) is 23.7 Å². The first-order chi connectivity index (χ1) is 9.74. The van der Waals surface area contributed by atoms with E-state index in [4.69, 9.17) is 26.5 Å². The van der Waals surface area contributed by atoms with Crippen molar-refractivity contribution in [1.29, 1.82) is 0 Å². The van der Waals surface area contributed by atoms with Gasteiger partial charge in [-0.15, -0.1) is 0 Å². The van der Waals surface area contributed by atoms with E-state index < -0.39 is 0 Å². The minimum atomic E-state index is 0.383. The van der Waals surface area contributed by atoms with Crippen molar-refractivity contribution in [3.8, 4) is 5.75 Å². The number of fused-ring (bicyclic) bond motifs is 1. The molecule has 0 amide bonds. The monoisotopic (exact) mass is 287 g/mol. The summed E-state index contributed by atoms with van der Waals surface area (Å²) >= 11 is 5.83. The zero-order chi connectivity index (χ0) is 13.9. The molecule has 2 N–H and O–H groups in total. The van der Waals surface area contributed by atoms with E-state index in [0.717, 1.165) is 28.0 Å². The Morgan fingerprint density at radius 1 is 1.05 bits per heavy atom. The van der Waals surface area contributed by atoms with E-state index in [1.807, 2.05) is 36.4 Å². The molecule has 3 rings (SSSR count). The normalized spacial score (nSPS) is 10.9. The number of halogens is 1. The van der Waals surface area contributed by atoms with Gasteiger partial charge in [-0.1, -0.05) is 23.7 Å². The second kappa shape index (κ2) is 5.57. The topological polar surface area (TPSA) is 48.4 Å². The van der Waals surface area contributed by atoms with Crippen molar-refractivity contribution in [2.75, 3.05) is 0 Å². The molecular weight excluding hydrogens is 274 g/mol. The molecule has 3 nitrogen and oxygen atoms in total. The summed E-state index contributed by atoms with van der Waals surface area (Å²) < 4.78 is 11.4. The molecule has 0 spiro atoms. The van der Waals surface area contributed by atoms with Gasteiger partial charge in [0.15, 0.2) is 0 Å². The lowest BCUT2D eigenvalue weighted by Crippen LogP contribution is -1.94. The third-order valence-electron chi connectivity index (χ3n) is 3.07. The minimum absolute atomic E-state index is 0.383. The van der Waals surface area contributed by atoms with E-state index in [9.17, 15) is 0 Å². The molecule has 0 fully saturated rings. The third-order valence-corrected chi connectivity index (χ3v) is 3.32. The van der Waals surface area contributed by atoms with Crippen LogP contribution >= 0.6 is 11.6 Å². The fraction of sp³-hybridized carbons (Fsp3) is 0.125. The molecular formula is C16H14ClNO2. The van der Waals surface area contributed by atoms with Crippen molar-refractivity contribution in [2.24, 2.45) is 5.73 Å². The van der Waals surface area contributed by atoms with Crippen molar-refractivity contribution in [3.63, 3.8) is 0 Å². The smallest absolute Gasteiger partial charge is 0.146 e. The maximum atomic E-state index is 5.83. The largest absolute Gasteiger partial charge is 0.486 e. The molecule has 102 valence electrons. The Hall–Kier alpha value is -1.97. The van der Waals surface area contributed by atoms with E-state index in [2.05, 4.69) is 0 Å². The van der Waals surface area contributed by atoms with Gasteiger partial charge in [-0.05, 0) is 42.0 Å². The summed E-state index contributed by atoms with van der Waals surface area (Å²) in [5, 5.41) is 1.74. The molecule has 0 bridgehead atoms. The molecule has 0 saturated heterocycles. The number of nitrogens with two attached hydrogens (primary N) is 1. The molecule has 0 radical (unpaired) electrons. The molecule has 0 aliphatic heterocycles. The Bertz CT molecular complexity index is 719. The second-order valence-electron chi connectivity index (χ2n) is 4.53. The number of hydrogen-bond donors (Lipinski definition) is 1. The Morgan fingerprint density at radius 2 is 1.85 bits per heavy atom. The average molecular weight is 288 g/mol. The van der Waals surface area contributed by atoms with Gasteiger partial charge in [-0.3, -0.25) is 0 Å². The molecule has 1 aromatic heterocycles. The molecule has 0 saturated carbocycles. The van der Waals surface area contributed by atoms with Gasteiger partial charge >= 0.3 is 0 Å². The fourth-order valence-corrected chi connectivity index (χ4v) is 2.14. The molecule has 0 aliphatic carbocycles.